The van der Waals surface area contributed by atoms with E-state index in [2.05, 4.69) is 44.0 Å². The molecule has 2 nitrogen and oxygen atoms in total. The molecular weight excluding hydrogens is 228 g/mol. The van der Waals surface area contributed by atoms with Crippen LogP contribution in [0.5, 0.6) is 0 Å². The molecule has 3 heteroatoms. The van der Waals surface area contributed by atoms with Crippen LogP contribution in [-0.4, -0.2) is 11.5 Å². The van der Waals surface area contributed by atoms with Crippen molar-refractivity contribution in [1.82, 2.24) is 4.98 Å². The van der Waals surface area contributed by atoms with Crippen molar-refractivity contribution in [2.24, 2.45) is 5.73 Å². The first-order valence-electron chi connectivity index (χ1n) is 5.86. The fourth-order valence-electron chi connectivity index (χ4n) is 1.88. The van der Waals surface area contributed by atoms with Crippen molar-refractivity contribution in [3.63, 3.8) is 0 Å². The Morgan fingerprint density at radius 3 is 2.59 bits per heavy atom. The summed E-state index contributed by atoms with van der Waals surface area (Å²) in [6, 6.07) is 6.52. The zero-order valence-corrected chi connectivity index (χ0v) is 11.4. The first-order chi connectivity index (χ1) is 8.11. The van der Waals surface area contributed by atoms with Gasteiger partial charge in [0, 0.05) is 10.4 Å². The largest absolute Gasteiger partial charge is 0.330 e. The first kappa shape index (κ1) is 12.3. The molecule has 0 aliphatic heterocycles. The van der Waals surface area contributed by atoms with Crippen molar-refractivity contribution in [2.45, 2.75) is 27.2 Å². The maximum atomic E-state index is 5.65. The number of rotatable bonds is 3. The van der Waals surface area contributed by atoms with Gasteiger partial charge in [-0.3, -0.25) is 0 Å². The molecule has 1 aromatic carbocycles. The summed E-state index contributed by atoms with van der Waals surface area (Å²) in [5.41, 5.74) is 10.6. The maximum Gasteiger partial charge on any atom is 0.0904 e. The molecule has 2 N–H and O–H groups in total. The van der Waals surface area contributed by atoms with E-state index in [4.69, 9.17) is 5.73 Å². The van der Waals surface area contributed by atoms with Gasteiger partial charge in [0.1, 0.15) is 0 Å². The number of aromatic nitrogens is 1. The lowest BCUT2D eigenvalue weighted by Gasteiger charge is -2.05. The van der Waals surface area contributed by atoms with E-state index in [0.29, 0.717) is 6.54 Å². The summed E-state index contributed by atoms with van der Waals surface area (Å²) in [6.07, 6.45) is 0.910. The van der Waals surface area contributed by atoms with E-state index < -0.39 is 0 Å². The van der Waals surface area contributed by atoms with E-state index in [0.717, 1.165) is 17.1 Å². The molecule has 0 bridgehead atoms. The van der Waals surface area contributed by atoms with Crippen LogP contribution >= 0.6 is 11.3 Å². The SMILES string of the molecule is Cc1nc(-c2ccc(C)c(C)c2)c(CCN)s1. The molecule has 0 aliphatic carbocycles. The molecule has 1 heterocycles. The zero-order valence-electron chi connectivity index (χ0n) is 10.6. The van der Waals surface area contributed by atoms with Gasteiger partial charge in [-0.05, 0) is 50.9 Å². The molecule has 0 aliphatic rings. The molecule has 1 aromatic heterocycles. The molecule has 0 unspecified atom stereocenters. The Morgan fingerprint density at radius 1 is 1.18 bits per heavy atom. The standard InChI is InChI=1S/C14H18N2S/c1-9-4-5-12(8-10(9)2)14-13(6-7-15)17-11(3)16-14/h4-5,8H,6-7,15H2,1-3H3. The van der Waals surface area contributed by atoms with Crippen LogP contribution in [0.25, 0.3) is 11.3 Å². The Balaban J connectivity index is 2.47. The monoisotopic (exact) mass is 246 g/mol. The van der Waals surface area contributed by atoms with Crippen LogP contribution in [0.4, 0.5) is 0 Å². The van der Waals surface area contributed by atoms with Gasteiger partial charge in [0.05, 0.1) is 10.7 Å². The summed E-state index contributed by atoms with van der Waals surface area (Å²) in [6.45, 7) is 7.00. The topological polar surface area (TPSA) is 38.9 Å². The molecule has 0 amide bonds. The number of nitrogens with two attached hydrogens (primary N) is 1. The van der Waals surface area contributed by atoms with Crippen LogP contribution in [0.3, 0.4) is 0 Å². The Hall–Kier alpha value is -1.19. The summed E-state index contributed by atoms with van der Waals surface area (Å²) >= 11 is 1.75. The number of hydrogen-bond acceptors (Lipinski definition) is 3. The maximum absolute atomic E-state index is 5.65. The third-order valence-corrected chi connectivity index (χ3v) is 3.99. The van der Waals surface area contributed by atoms with Crippen molar-refractivity contribution < 1.29 is 0 Å². The molecular formula is C14H18N2S. The highest BCUT2D eigenvalue weighted by molar-refractivity contribution is 7.12. The molecule has 0 saturated carbocycles. The minimum atomic E-state index is 0.680. The van der Waals surface area contributed by atoms with Crippen molar-refractivity contribution in [3.8, 4) is 11.3 Å². The molecule has 0 spiro atoms. The molecule has 90 valence electrons. The highest BCUT2D eigenvalue weighted by Crippen LogP contribution is 2.29. The van der Waals surface area contributed by atoms with E-state index in [1.54, 1.807) is 11.3 Å². The van der Waals surface area contributed by atoms with Gasteiger partial charge in [-0.2, -0.15) is 0 Å². The molecule has 0 saturated heterocycles. The Morgan fingerprint density at radius 2 is 1.94 bits per heavy atom. The van der Waals surface area contributed by atoms with Gasteiger partial charge in [-0.25, -0.2) is 4.98 Å². The minimum Gasteiger partial charge on any atom is -0.330 e. The van der Waals surface area contributed by atoms with Gasteiger partial charge in [-0.1, -0.05) is 12.1 Å². The lowest BCUT2D eigenvalue weighted by molar-refractivity contribution is 0.985. The minimum absolute atomic E-state index is 0.680. The van der Waals surface area contributed by atoms with Crippen molar-refractivity contribution in [2.75, 3.05) is 6.54 Å². The van der Waals surface area contributed by atoms with Crippen molar-refractivity contribution in [3.05, 3.63) is 39.2 Å². The van der Waals surface area contributed by atoms with Crippen LogP contribution in [0.15, 0.2) is 18.2 Å². The summed E-state index contributed by atoms with van der Waals surface area (Å²) < 4.78 is 0. The average molecular weight is 246 g/mol. The van der Waals surface area contributed by atoms with E-state index in [-0.39, 0.29) is 0 Å². The fourth-order valence-corrected chi connectivity index (χ4v) is 2.86. The van der Waals surface area contributed by atoms with E-state index in [1.165, 1.54) is 21.6 Å². The Kier molecular flexibility index (Phi) is 3.60. The van der Waals surface area contributed by atoms with Crippen molar-refractivity contribution >= 4 is 11.3 Å². The highest BCUT2D eigenvalue weighted by atomic mass is 32.1. The lowest BCUT2D eigenvalue weighted by atomic mass is 10.0. The molecule has 2 rings (SSSR count). The number of hydrogen-bond donors (Lipinski definition) is 1. The summed E-state index contributed by atoms with van der Waals surface area (Å²) in [4.78, 5) is 5.93. The first-order valence-corrected chi connectivity index (χ1v) is 6.67. The van der Waals surface area contributed by atoms with Gasteiger partial charge in [0.25, 0.3) is 0 Å². The van der Waals surface area contributed by atoms with Gasteiger partial charge in [0.15, 0.2) is 0 Å². The fraction of sp³-hybridized carbons (Fsp3) is 0.357. The van der Waals surface area contributed by atoms with Gasteiger partial charge in [-0.15, -0.1) is 11.3 Å². The van der Waals surface area contributed by atoms with Crippen LogP contribution in [0, 0.1) is 20.8 Å². The molecule has 17 heavy (non-hydrogen) atoms. The molecule has 2 aromatic rings. The van der Waals surface area contributed by atoms with Crippen LogP contribution in [0.1, 0.15) is 21.0 Å². The van der Waals surface area contributed by atoms with E-state index in [1.807, 2.05) is 0 Å². The van der Waals surface area contributed by atoms with Gasteiger partial charge in [0.2, 0.25) is 0 Å². The lowest BCUT2D eigenvalue weighted by Crippen LogP contribution is -2.02. The molecule has 0 atom stereocenters. The second-order valence-corrected chi connectivity index (χ2v) is 5.63. The average Bonchev–Trinajstić information content (AvgIpc) is 2.64. The van der Waals surface area contributed by atoms with Gasteiger partial charge >= 0.3 is 0 Å². The summed E-state index contributed by atoms with van der Waals surface area (Å²) in [7, 11) is 0. The zero-order chi connectivity index (χ0) is 12.4. The predicted molar refractivity (Wildman–Crippen MR) is 74.5 cm³/mol. The highest BCUT2D eigenvalue weighted by Gasteiger charge is 2.11. The normalized spacial score (nSPS) is 10.8. The van der Waals surface area contributed by atoms with Crippen LogP contribution in [0.2, 0.25) is 0 Å². The smallest absolute Gasteiger partial charge is 0.0904 e. The number of thiazole rings is 1. The van der Waals surface area contributed by atoms with Crippen LogP contribution in [-0.2, 0) is 6.42 Å². The number of benzene rings is 1. The quantitative estimate of drug-likeness (QED) is 0.903. The Bertz CT molecular complexity index is 529. The molecule has 0 radical (unpaired) electrons. The molecule has 0 fully saturated rings. The second-order valence-electron chi connectivity index (χ2n) is 4.34. The number of aryl methyl sites for hydroxylation is 3. The third kappa shape index (κ3) is 2.56. The summed E-state index contributed by atoms with van der Waals surface area (Å²) in [5.74, 6) is 0. The van der Waals surface area contributed by atoms with E-state index >= 15 is 0 Å². The van der Waals surface area contributed by atoms with Crippen molar-refractivity contribution in [1.29, 1.82) is 0 Å². The van der Waals surface area contributed by atoms with E-state index in [9.17, 15) is 0 Å². The number of nitrogens with zero attached hydrogens (tertiary/aromatic N) is 1. The second kappa shape index (κ2) is 4.98. The Labute approximate surface area is 107 Å². The third-order valence-electron chi connectivity index (χ3n) is 2.96. The van der Waals surface area contributed by atoms with Gasteiger partial charge < -0.3 is 5.73 Å². The predicted octanol–water partition coefficient (Wildman–Crippen LogP) is 3.24. The van der Waals surface area contributed by atoms with Crippen LogP contribution < -0.4 is 5.73 Å². The summed E-state index contributed by atoms with van der Waals surface area (Å²) in [5, 5.41) is 1.11.